The number of phenolic OH excluding ortho intramolecular Hbond substituents is 1. The van der Waals surface area contributed by atoms with Gasteiger partial charge in [0.2, 0.25) is 5.89 Å². The molecule has 4 N–H and O–H groups in total. The molecule has 0 spiro atoms. The number of hydrogen-bond donors (Lipinski definition) is 4. The minimum Gasteiger partial charge on any atom is -0.508 e. The van der Waals surface area contributed by atoms with Crippen molar-refractivity contribution in [1.82, 2.24) is 20.9 Å². The highest BCUT2D eigenvalue weighted by atomic mass is 127. The summed E-state index contributed by atoms with van der Waals surface area (Å²) in [5.74, 6) is 1.92. The van der Waals surface area contributed by atoms with Crippen LogP contribution in [0.3, 0.4) is 0 Å². The highest BCUT2D eigenvalue weighted by Gasteiger charge is 2.06. The number of carbonyl (C=O) groups is 1. The monoisotopic (exact) mass is 487 g/mol. The minimum atomic E-state index is -0.195. The molecule has 0 aliphatic carbocycles. The van der Waals surface area contributed by atoms with E-state index in [2.05, 4.69) is 25.9 Å². The molecular formula is C18H26IN5O3. The molecule has 1 aromatic heterocycles. The number of aliphatic imine (C=N–C) groups is 1. The Morgan fingerprint density at radius 2 is 1.81 bits per heavy atom. The van der Waals surface area contributed by atoms with E-state index in [1.807, 2.05) is 20.8 Å². The van der Waals surface area contributed by atoms with Crippen LogP contribution in [0.15, 0.2) is 33.7 Å². The van der Waals surface area contributed by atoms with Crippen LogP contribution in [0.2, 0.25) is 0 Å². The molecule has 1 heterocycles. The van der Waals surface area contributed by atoms with Crippen molar-refractivity contribution >= 4 is 35.8 Å². The van der Waals surface area contributed by atoms with Crippen LogP contribution in [-0.2, 0) is 6.54 Å². The number of nitrogens with one attached hydrogen (secondary N) is 3. The molecule has 0 saturated carbocycles. The number of oxazole rings is 1. The number of benzene rings is 1. The molecule has 1 aromatic carbocycles. The molecule has 0 fully saturated rings. The zero-order valence-electron chi connectivity index (χ0n) is 15.7. The SMILES string of the molecule is CCNC(=NCc1nc(C)c(C)o1)NCCNC(=O)c1ccc(O)cc1.I. The summed E-state index contributed by atoms with van der Waals surface area (Å²) < 4.78 is 5.51. The van der Waals surface area contributed by atoms with Crippen LogP contribution in [0.4, 0.5) is 0 Å². The first-order chi connectivity index (χ1) is 12.5. The molecule has 0 aliphatic heterocycles. The first-order valence-corrected chi connectivity index (χ1v) is 8.52. The number of amides is 1. The van der Waals surface area contributed by atoms with Gasteiger partial charge < -0.3 is 25.5 Å². The largest absolute Gasteiger partial charge is 0.508 e. The van der Waals surface area contributed by atoms with E-state index in [1.54, 1.807) is 12.1 Å². The maximum atomic E-state index is 12.0. The topological polar surface area (TPSA) is 112 Å². The number of aryl methyl sites for hydroxylation is 2. The lowest BCUT2D eigenvalue weighted by Gasteiger charge is -2.11. The fourth-order valence-electron chi connectivity index (χ4n) is 2.17. The number of aromatic hydroxyl groups is 1. The Hall–Kier alpha value is -2.30. The molecule has 0 saturated heterocycles. The van der Waals surface area contributed by atoms with Gasteiger partial charge in [-0.25, -0.2) is 9.98 Å². The van der Waals surface area contributed by atoms with E-state index in [0.717, 1.165) is 18.0 Å². The third kappa shape index (κ3) is 7.45. The van der Waals surface area contributed by atoms with E-state index < -0.39 is 0 Å². The molecule has 1 amide bonds. The van der Waals surface area contributed by atoms with Crippen LogP contribution in [0, 0.1) is 13.8 Å². The Morgan fingerprint density at radius 1 is 1.15 bits per heavy atom. The summed E-state index contributed by atoms with van der Waals surface area (Å²) in [7, 11) is 0. The summed E-state index contributed by atoms with van der Waals surface area (Å²) in [6.45, 7) is 7.74. The van der Waals surface area contributed by atoms with Gasteiger partial charge in [-0.05, 0) is 45.0 Å². The number of aromatic nitrogens is 1. The number of guanidine groups is 1. The fourth-order valence-corrected chi connectivity index (χ4v) is 2.17. The van der Waals surface area contributed by atoms with E-state index in [-0.39, 0.29) is 35.6 Å². The van der Waals surface area contributed by atoms with Gasteiger partial charge in [0.25, 0.3) is 5.91 Å². The number of phenols is 1. The van der Waals surface area contributed by atoms with Gasteiger partial charge in [-0.2, -0.15) is 0 Å². The summed E-state index contributed by atoms with van der Waals surface area (Å²) in [5, 5.41) is 18.3. The van der Waals surface area contributed by atoms with Crippen LogP contribution in [0.5, 0.6) is 5.75 Å². The minimum absolute atomic E-state index is 0. The van der Waals surface area contributed by atoms with Crippen molar-refractivity contribution in [3.63, 3.8) is 0 Å². The third-order valence-electron chi connectivity index (χ3n) is 3.62. The van der Waals surface area contributed by atoms with Crippen LogP contribution in [0.25, 0.3) is 0 Å². The van der Waals surface area contributed by atoms with Crippen LogP contribution in [-0.4, -0.2) is 41.6 Å². The predicted molar refractivity (Wildman–Crippen MR) is 115 cm³/mol. The van der Waals surface area contributed by atoms with Gasteiger partial charge in [-0.1, -0.05) is 0 Å². The van der Waals surface area contributed by atoms with Crippen molar-refractivity contribution in [1.29, 1.82) is 0 Å². The highest BCUT2D eigenvalue weighted by molar-refractivity contribution is 14.0. The average Bonchev–Trinajstić information content (AvgIpc) is 2.94. The summed E-state index contributed by atoms with van der Waals surface area (Å²) in [5.41, 5.74) is 1.36. The molecule has 2 aromatic rings. The predicted octanol–water partition coefficient (Wildman–Crippen LogP) is 2.10. The average molecular weight is 487 g/mol. The molecule has 0 bridgehead atoms. The van der Waals surface area contributed by atoms with E-state index in [1.165, 1.54) is 12.1 Å². The Kier molecular flexibility index (Phi) is 9.62. The second-order valence-electron chi connectivity index (χ2n) is 5.67. The summed E-state index contributed by atoms with van der Waals surface area (Å²) in [6, 6.07) is 6.11. The van der Waals surface area contributed by atoms with E-state index in [4.69, 9.17) is 4.42 Å². The zero-order valence-corrected chi connectivity index (χ0v) is 18.0. The van der Waals surface area contributed by atoms with Crippen LogP contribution < -0.4 is 16.0 Å². The van der Waals surface area contributed by atoms with Crippen LogP contribution >= 0.6 is 24.0 Å². The molecule has 0 atom stereocenters. The van der Waals surface area contributed by atoms with Gasteiger partial charge >= 0.3 is 0 Å². The van der Waals surface area contributed by atoms with Gasteiger partial charge in [0.1, 0.15) is 18.1 Å². The van der Waals surface area contributed by atoms with Crippen LogP contribution in [0.1, 0.15) is 34.6 Å². The number of halogens is 1. The zero-order chi connectivity index (χ0) is 18.9. The second-order valence-corrected chi connectivity index (χ2v) is 5.67. The first-order valence-electron chi connectivity index (χ1n) is 8.52. The molecule has 0 aliphatic rings. The summed E-state index contributed by atoms with van der Waals surface area (Å²) in [6.07, 6.45) is 0. The lowest BCUT2D eigenvalue weighted by atomic mass is 10.2. The fraction of sp³-hybridized carbons (Fsp3) is 0.389. The Balaban J connectivity index is 0.00000364. The van der Waals surface area contributed by atoms with E-state index in [0.29, 0.717) is 37.0 Å². The van der Waals surface area contributed by atoms with Crippen molar-refractivity contribution in [3.05, 3.63) is 47.2 Å². The van der Waals surface area contributed by atoms with Crippen molar-refractivity contribution < 1.29 is 14.3 Å². The standard InChI is InChI=1S/C18H25N5O3.HI/c1-4-19-18(22-11-16-23-12(2)13(3)26-16)21-10-9-20-17(25)14-5-7-15(24)8-6-14;/h5-8,24H,4,9-11H2,1-3H3,(H,20,25)(H2,19,21,22);1H. The van der Waals surface area contributed by atoms with Gasteiger partial charge in [-0.3, -0.25) is 4.79 Å². The quantitative estimate of drug-likeness (QED) is 0.206. The maximum absolute atomic E-state index is 12.0. The lowest BCUT2D eigenvalue weighted by Crippen LogP contribution is -2.41. The summed E-state index contributed by atoms with van der Waals surface area (Å²) in [4.78, 5) is 20.7. The first kappa shape index (κ1) is 22.7. The number of carbonyl (C=O) groups excluding carboxylic acids is 1. The number of nitrogens with zero attached hydrogens (tertiary/aromatic N) is 2. The lowest BCUT2D eigenvalue weighted by molar-refractivity contribution is 0.0954. The molecular weight excluding hydrogens is 461 g/mol. The van der Waals surface area contributed by atoms with Crippen molar-refractivity contribution in [2.75, 3.05) is 19.6 Å². The molecule has 8 nitrogen and oxygen atoms in total. The second kappa shape index (κ2) is 11.4. The number of rotatable bonds is 7. The maximum Gasteiger partial charge on any atom is 0.251 e. The smallest absolute Gasteiger partial charge is 0.251 e. The van der Waals surface area contributed by atoms with Gasteiger partial charge in [-0.15, -0.1) is 24.0 Å². The molecule has 2 rings (SSSR count). The molecule has 27 heavy (non-hydrogen) atoms. The Bertz CT molecular complexity index is 739. The highest BCUT2D eigenvalue weighted by Crippen LogP contribution is 2.09. The molecule has 0 unspecified atom stereocenters. The van der Waals surface area contributed by atoms with Gasteiger partial charge in [0.05, 0.1) is 5.69 Å². The normalized spacial score (nSPS) is 10.9. The molecule has 9 heteroatoms. The third-order valence-corrected chi connectivity index (χ3v) is 3.62. The Labute approximate surface area is 175 Å². The summed E-state index contributed by atoms with van der Waals surface area (Å²) >= 11 is 0. The van der Waals surface area contributed by atoms with Gasteiger partial charge in [0.15, 0.2) is 5.96 Å². The Morgan fingerprint density at radius 3 is 2.41 bits per heavy atom. The number of hydrogen-bond acceptors (Lipinski definition) is 5. The van der Waals surface area contributed by atoms with E-state index in [9.17, 15) is 9.90 Å². The van der Waals surface area contributed by atoms with Gasteiger partial charge in [0, 0.05) is 25.2 Å². The van der Waals surface area contributed by atoms with E-state index >= 15 is 0 Å². The van der Waals surface area contributed by atoms with Crippen molar-refractivity contribution in [2.45, 2.75) is 27.3 Å². The van der Waals surface area contributed by atoms with Crippen molar-refractivity contribution in [2.24, 2.45) is 4.99 Å². The molecule has 0 radical (unpaired) electrons. The molecule has 148 valence electrons. The van der Waals surface area contributed by atoms with Crippen molar-refractivity contribution in [3.8, 4) is 5.75 Å².